The minimum Gasteiger partial charge on any atom is -0.508 e. The van der Waals surface area contributed by atoms with Crippen molar-refractivity contribution in [3.63, 3.8) is 0 Å². The van der Waals surface area contributed by atoms with Gasteiger partial charge in [-0.2, -0.15) is 0 Å². The van der Waals surface area contributed by atoms with Gasteiger partial charge in [0.1, 0.15) is 11.5 Å². The van der Waals surface area contributed by atoms with Crippen molar-refractivity contribution in [3.05, 3.63) is 23.8 Å². The third kappa shape index (κ3) is 3.61. The van der Waals surface area contributed by atoms with Crippen LogP contribution in [0.25, 0.3) is 0 Å². The normalized spacial score (nSPS) is 14.4. The molecular weight excluding hydrogens is 218 g/mol. The molecule has 0 fully saturated rings. The van der Waals surface area contributed by atoms with Crippen molar-refractivity contribution >= 4 is 0 Å². The zero-order valence-corrected chi connectivity index (χ0v) is 10.6. The molecule has 0 radical (unpaired) electrons. The van der Waals surface area contributed by atoms with Crippen LogP contribution in [0, 0.1) is 0 Å². The molecule has 0 aliphatic rings. The number of aromatic hydroxyl groups is 1. The Morgan fingerprint density at radius 3 is 2.65 bits per heavy atom. The van der Waals surface area contributed by atoms with Crippen molar-refractivity contribution in [3.8, 4) is 11.5 Å². The quantitative estimate of drug-likeness (QED) is 0.708. The molecule has 0 spiro atoms. The van der Waals surface area contributed by atoms with Crippen molar-refractivity contribution in [1.82, 2.24) is 5.32 Å². The highest BCUT2D eigenvalue weighted by molar-refractivity contribution is 5.41. The highest BCUT2D eigenvalue weighted by atomic mass is 16.5. The third-order valence-corrected chi connectivity index (χ3v) is 2.90. The van der Waals surface area contributed by atoms with Crippen LogP contribution in [0.15, 0.2) is 18.2 Å². The first-order valence-corrected chi connectivity index (χ1v) is 5.86. The molecular formula is C13H21NO3. The standard InChI is InChI=1S/C13H21NO3/c1-4-10(8-15)14-9(2)12-7-11(17-3)5-6-13(12)16/h5-7,9-10,14-16H,4,8H2,1-3H3. The average Bonchev–Trinajstić information content (AvgIpc) is 2.36. The highest BCUT2D eigenvalue weighted by Gasteiger charge is 2.14. The van der Waals surface area contributed by atoms with E-state index in [1.807, 2.05) is 13.8 Å². The van der Waals surface area contributed by atoms with Gasteiger partial charge in [0.15, 0.2) is 0 Å². The van der Waals surface area contributed by atoms with Crippen LogP contribution in [0.1, 0.15) is 31.9 Å². The highest BCUT2D eigenvalue weighted by Crippen LogP contribution is 2.28. The van der Waals surface area contributed by atoms with Crippen LogP contribution in [0.5, 0.6) is 11.5 Å². The number of rotatable bonds is 6. The summed E-state index contributed by atoms with van der Waals surface area (Å²) in [6.07, 6.45) is 0.839. The Hall–Kier alpha value is -1.26. The van der Waals surface area contributed by atoms with Gasteiger partial charge in [0.05, 0.1) is 13.7 Å². The molecule has 4 nitrogen and oxygen atoms in total. The molecule has 4 heteroatoms. The second-order valence-corrected chi connectivity index (χ2v) is 4.10. The first-order chi connectivity index (χ1) is 8.12. The molecule has 17 heavy (non-hydrogen) atoms. The van der Waals surface area contributed by atoms with E-state index in [0.29, 0.717) is 5.75 Å². The maximum atomic E-state index is 9.80. The third-order valence-electron chi connectivity index (χ3n) is 2.90. The number of phenolic OH excluding ortho intramolecular Hbond substituents is 1. The molecule has 2 atom stereocenters. The Balaban J connectivity index is 2.83. The fourth-order valence-corrected chi connectivity index (χ4v) is 1.75. The van der Waals surface area contributed by atoms with Crippen LogP contribution in [0.3, 0.4) is 0 Å². The van der Waals surface area contributed by atoms with Gasteiger partial charge in [-0.15, -0.1) is 0 Å². The molecule has 0 saturated heterocycles. The molecule has 0 saturated carbocycles. The predicted octanol–water partition coefficient (Wildman–Crippen LogP) is 1.82. The summed E-state index contributed by atoms with van der Waals surface area (Å²) >= 11 is 0. The van der Waals surface area contributed by atoms with E-state index in [-0.39, 0.29) is 24.4 Å². The van der Waals surface area contributed by atoms with Crippen molar-refractivity contribution < 1.29 is 14.9 Å². The molecule has 0 aromatic heterocycles. The van der Waals surface area contributed by atoms with E-state index in [2.05, 4.69) is 5.32 Å². The number of aliphatic hydroxyl groups excluding tert-OH is 1. The topological polar surface area (TPSA) is 61.7 Å². The Morgan fingerprint density at radius 2 is 2.12 bits per heavy atom. The van der Waals surface area contributed by atoms with E-state index in [4.69, 9.17) is 9.84 Å². The van der Waals surface area contributed by atoms with Crippen LogP contribution in [0.4, 0.5) is 0 Å². The number of benzene rings is 1. The van der Waals surface area contributed by atoms with Gasteiger partial charge in [-0.3, -0.25) is 0 Å². The first-order valence-electron chi connectivity index (χ1n) is 5.86. The van der Waals surface area contributed by atoms with Gasteiger partial charge in [-0.1, -0.05) is 6.92 Å². The minimum absolute atomic E-state index is 0.0376. The molecule has 0 bridgehead atoms. The van der Waals surface area contributed by atoms with E-state index in [9.17, 15) is 5.11 Å². The van der Waals surface area contributed by atoms with Crippen molar-refractivity contribution in [1.29, 1.82) is 0 Å². The Labute approximate surface area is 102 Å². The van der Waals surface area contributed by atoms with E-state index < -0.39 is 0 Å². The Morgan fingerprint density at radius 1 is 1.41 bits per heavy atom. The van der Waals surface area contributed by atoms with Gasteiger partial charge in [0.2, 0.25) is 0 Å². The second-order valence-electron chi connectivity index (χ2n) is 4.10. The first kappa shape index (κ1) is 13.8. The lowest BCUT2D eigenvalue weighted by Crippen LogP contribution is -2.33. The zero-order valence-electron chi connectivity index (χ0n) is 10.6. The van der Waals surface area contributed by atoms with Crippen molar-refractivity contribution in [2.75, 3.05) is 13.7 Å². The van der Waals surface area contributed by atoms with Gasteiger partial charge >= 0.3 is 0 Å². The number of hydrogen-bond donors (Lipinski definition) is 3. The van der Waals surface area contributed by atoms with Crippen molar-refractivity contribution in [2.45, 2.75) is 32.4 Å². The monoisotopic (exact) mass is 239 g/mol. The molecule has 96 valence electrons. The molecule has 0 heterocycles. The van der Waals surface area contributed by atoms with Crippen LogP contribution in [-0.4, -0.2) is 30.0 Å². The van der Waals surface area contributed by atoms with Gasteiger partial charge in [-0.25, -0.2) is 0 Å². The summed E-state index contributed by atoms with van der Waals surface area (Å²) < 4.78 is 5.13. The van der Waals surface area contributed by atoms with E-state index >= 15 is 0 Å². The molecule has 0 aliphatic carbocycles. The summed E-state index contributed by atoms with van der Waals surface area (Å²) in [6, 6.07) is 5.14. The van der Waals surface area contributed by atoms with Crippen LogP contribution in [-0.2, 0) is 0 Å². The summed E-state index contributed by atoms with van der Waals surface area (Å²) in [5.74, 6) is 0.946. The smallest absolute Gasteiger partial charge is 0.120 e. The van der Waals surface area contributed by atoms with Crippen LogP contribution < -0.4 is 10.1 Å². The summed E-state index contributed by atoms with van der Waals surface area (Å²) in [5.41, 5.74) is 0.774. The van der Waals surface area contributed by atoms with E-state index in [1.165, 1.54) is 0 Å². The summed E-state index contributed by atoms with van der Waals surface area (Å²) in [6.45, 7) is 4.05. The van der Waals surface area contributed by atoms with Gasteiger partial charge in [0.25, 0.3) is 0 Å². The number of methoxy groups -OCH3 is 1. The molecule has 1 aromatic carbocycles. The predicted molar refractivity (Wildman–Crippen MR) is 67.4 cm³/mol. The van der Waals surface area contributed by atoms with Crippen LogP contribution >= 0.6 is 0 Å². The maximum absolute atomic E-state index is 9.80. The summed E-state index contributed by atoms with van der Waals surface area (Å²) in [5, 5.41) is 22.2. The number of phenols is 1. The van der Waals surface area contributed by atoms with Crippen LogP contribution in [0.2, 0.25) is 0 Å². The minimum atomic E-state index is -0.0396. The van der Waals surface area contributed by atoms with Gasteiger partial charge in [-0.05, 0) is 31.5 Å². The van der Waals surface area contributed by atoms with Gasteiger partial charge < -0.3 is 20.3 Å². The Kier molecular flexibility index (Phi) is 5.25. The lowest BCUT2D eigenvalue weighted by atomic mass is 10.1. The summed E-state index contributed by atoms with van der Waals surface area (Å²) in [4.78, 5) is 0. The van der Waals surface area contributed by atoms with Gasteiger partial charge in [0, 0.05) is 17.6 Å². The molecule has 1 rings (SSSR count). The fourth-order valence-electron chi connectivity index (χ4n) is 1.75. The molecule has 2 unspecified atom stereocenters. The SMILES string of the molecule is CCC(CO)NC(C)c1cc(OC)ccc1O. The average molecular weight is 239 g/mol. The van der Waals surface area contributed by atoms with E-state index in [0.717, 1.165) is 12.0 Å². The lowest BCUT2D eigenvalue weighted by molar-refractivity contribution is 0.229. The van der Waals surface area contributed by atoms with E-state index in [1.54, 1.807) is 25.3 Å². The number of aliphatic hydroxyl groups is 1. The maximum Gasteiger partial charge on any atom is 0.120 e. The molecule has 1 aromatic rings. The summed E-state index contributed by atoms with van der Waals surface area (Å²) in [7, 11) is 1.59. The lowest BCUT2D eigenvalue weighted by Gasteiger charge is -2.21. The molecule has 0 aliphatic heterocycles. The zero-order chi connectivity index (χ0) is 12.8. The number of hydrogen-bond acceptors (Lipinski definition) is 4. The second kappa shape index (κ2) is 6.47. The fraction of sp³-hybridized carbons (Fsp3) is 0.538. The Bertz CT molecular complexity index is 351. The van der Waals surface area contributed by atoms with Crippen molar-refractivity contribution in [2.24, 2.45) is 0 Å². The largest absolute Gasteiger partial charge is 0.508 e. The molecule has 3 N–H and O–H groups in total. The number of nitrogens with one attached hydrogen (secondary N) is 1. The number of ether oxygens (including phenoxy) is 1. The molecule has 0 amide bonds.